The van der Waals surface area contributed by atoms with E-state index in [0.29, 0.717) is 0 Å². The molecule has 1 heterocycles. The van der Waals surface area contributed by atoms with Gasteiger partial charge in [0.05, 0.1) is 0 Å². The number of benzene rings is 1. The number of likely N-dealkylation sites (tertiary alicyclic amines) is 1. The Balaban J connectivity index is 1.97. The summed E-state index contributed by atoms with van der Waals surface area (Å²) >= 11 is 0. The second kappa shape index (κ2) is 6.25. The van der Waals surface area contributed by atoms with Crippen molar-refractivity contribution in [3.05, 3.63) is 35.4 Å². The number of nitrogens with two attached hydrogens (primary N) is 1. The zero-order valence-electron chi connectivity index (χ0n) is 13.0. The van der Waals surface area contributed by atoms with Gasteiger partial charge in [0, 0.05) is 31.7 Å². The van der Waals surface area contributed by atoms with Gasteiger partial charge in [-0.2, -0.15) is 0 Å². The lowest BCUT2D eigenvalue weighted by Crippen LogP contribution is -2.48. The normalized spacial score (nSPS) is 24.9. The quantitative estimate of drug-likeness (QED) is 0.889. The minimum atomic E-state index is 0.152. The van der Waals surface area contributed by atoms with Crippen molar-refractivity contribution in [2.24, 2.45) is 11.7 Å². The number of piperidine rings is 1. The molecule has 0 aromatic heterocycles. The lowest BCUT2D eigenvalue weighted by molar-refractivity contribution is 0.0992. The summed E-state index contributed by atoms with van der Waals surface area (Å²) in [6, 6.07) is 9.06. The van der Waals surface area contributed by atoms with Gasteiger partial charge in [-0.1, -0.05) is 45.0 Å². The van der Waals surface area contributed by atoms with Crippen LogP contribution in [0.15, 0.2) is 24.3 Å². The third-order valence-corrected chi connectivity index (χ3v) is 4.34. The minimum Gasteiger partial charge on any atom is -0.396 e. The third-order valence-electron chi connectivity index (χ3n) is 4.34. The highest BCUT2D eigenvalue weighted by Crippen LogP contribution is 2.23. The van der Waals surface area contributed by atoms with Crippen LogP contribution in [0.1, 0.15) is 38.3 Å². The van der Waals surface area contributed by atoms with Gasteiger partial charge in [0.15, 0.2) is 0 Å². The SMILES string of the molecule is CC(C)(C)c1ccc(CN2CC[C@@H](N)[C@H](CO)C2)cc1. The molecule has 0 aliphatic carbocycles. The van der Waals surface area contributed by atoms with E-state index in [-0.39, 0.29) is 24.0 Å². The lowest BCUT2D eigenvalue weighted by atomic mass is 9.86. The molecule has 0 radical (unpaired) electrons. The zero-order chi connectivity index (χ0) is 14.8. The maximum atomic E-state index is 9.36. The van der Waals surface area contributed by atoms with Crippen LogP contribution in [0.2, 0.25) is 0 Å². The average molecular weight is 276 g/mol. The lowest BCUT2D eigenvalue weighted by Gasteiger charge is -2.36. The molecule has 1 saturated heterocycles. The van der Waals surface area contributed by atoms with Gasteiger partial charge in [-0.05, 0) is 29.5 Å². The van der Waals surface area contributed by atoms with Crippen LogP contribution >= 0.6 is 0 Å². The third kappa shape index (κ3) is 3.81. The summed E-state index contributed by atoms with van der Waals surface area (Å²) in [7, 11) is 0. The van der Waals surface area contributed by atoms with Gasteiger partial charge in [-0.3, -0.25) is 4.90 Å². The molecular weight excluding hydrogens is 248 g/mol. The molecule has 0 amide bonds. The number of rotatable bonds is 3. The molecule has 1 fully saturated rings. The average Bonchev–Trinajstić information content (AvgIpc) is 2.40. The van der Waals surface area contributed by atoms with Gasteiger partial charge in [0.2, 0.25) is 0 Å². The van der Waals surface area contributed by atoms with E-state index in [0.717, 1.165) is 26.1 Å². The molecule has 0 saturated carbocycles. The van der Waals surface area contributed by atoms with Crippen LogP contribution in [0, 0.1) is 5.92 Å². The summed E-state index contributed by atoms with van der Waals surface area (Å²) in [5.74, 6) is 0.220. The summed E-state index contributed by atoms with van der Waals surface area (Å²) in [5.41, 5.74) is 8.94. The summed E-state index contributed by atoms with van der Waals surface area (Å²) in [5, 5.41) is 9.36. The van der Waals surface area contributed by atoms with Crippen LogP contribution in [-0.4, -0.2) is 35.7 Å². The van der Waals surface area contributed by atoms with Crippen molar-refractivity contribution in [2.45, 2.75) is 45.2 Å². The molecule has 0 unspecified atom stereocenters. The number of hydrogen-bond donors (Lipinski definition) is 2. The highest BCUT2D eigenvalue weighted by atomic mass is 16.3. The number of aliphatic hydroxyl groups is 1. The highest BCUT2D eigenvalue weighted by Gasteiger charge is 2.25. The largest absolute Gasteiger partial charge is 0.396 e. The van der Waals surface area contributed by atoms with Crippen LogP contribution in [0.25, 0.3) is 0 Å². The molecule has 3 heteroatoms. The first kappa shape index (κ1) is 15.5. The Morgan fingerprint density at radius 3 is 2.45 bits per heavy atom. The fourth-order valence-corrected chi connectivity index (χ4v) is 2.83. The Hall–Kier alpha value is -0.900. The van der Waals surface area contributed by atoms with Gasteiger partial charge in [0.1, 0.15) is 0 Å². The van der Waals surface area contributed by atoms with Crippen molar-refractivity contribution in [1.29, 1.82) is 0 Å². The molecule has 1 aliphatic heterocycles. The Kier molecular flexibility index (Phi) is 4.84. The van der Waals surface area contributed by atoms with Gasteiger partial charge < -0.3 is 10.8 Å². The molecule has 0 spiro atoms. The van der Waals surface area contributed by atoms with Crippen LogP contribution in [-0.2, 0) is 12.0 Å². The topological polar surface area (TPSA) is 49.5 Å². The molecule has 112 valence electrons. The second-order valence-electron chi connectivity index (χ2n) is 7.08. The van der Waals surface area contributed by atoms with Gasteiger partial charge in [0.25, 0.3) is 0 Å². The molecule has 2 atom stereocenters. The van der Waals surface area contributed by atoms with Crippen molar-refractivity contribution >= 4 is 0 Å². The van der Waals surface area contributed by atoms with E-state index >= 15 is 0 Å². The summed E-state index contributed by atoms with van der Waals surface area (Å²) in [4.78, 5) is 2.40. The van der Waals surface area contributed by atoms with Crippen molar-refractivity contribution in [3.8, 4) is 0 Å². The van der Waals surface area contributed by atoms with Crippen molar-refractivity contribution in [1.82, 2.24) is 4.90 Å². The Morgan fingerprint density at radius 2 is 1.90 bits per heavy atom. The molecular formula is C17H28N2O. The maximum absolute atomic E-state index is 9.36. The minimum absolute atomic E-state index is 0.152. The van der Waals surface area contributed by atoms with Gasteiger partial charge >= 0.3 is 0 Å². The number of aliphatic hydroxyl groups excluding tert-OH is 1. The Morgan fingerprint density at radius 1 is 1.25 bits per heavy atom. The molecule has 3 N–H and O–H groups in total. The summed E-state index contributed by atoms with van der Waals surface area (Å²) < 4.78 is 0. The Bertz CT molecular complexity index is 422. The van der Waals surface area contributed by atoms with Crippen LogP contribution in [0.4, 0.5) is 0 Å². The smallest absolute Gasteiger partial charge is 0.0486 e. The predicted octanol–water partition coefficient (Wildman–Crippen LogP) is 2.13. The van der Waals surface area contributed by atoms with Gasteiger partial charge in [-0.25, -0.2) is 0 Å². The van der Waals surface area contributed by atoms with E-state index in [2.05, 4.69) is 49.9 Å². The predicted molar refractivity (Wildman–Crippen MR) is 83.6 cm³/mol. The fourth-order valence-electron chi connectivity index (χ4n) is 2.83. The standard InChI is InChI=1S/C17H28N2O/c1-17(2,3)15-6-4-13(5-7-15)10-19-9-8-16(18)14(11-19)12-20/h4-7,14,16,20H,8-12,18H2,1-3H3/t14-,16+/m0/s1. The fraction of sp³-hybridized carbons (Fsp3) is 0.647. The van der Waals surface area contributed by atoms with E-state index in [4.69, 9.17) is 5.73 Å². The van der Waals surface area contributed by atoms with E-state index < -0.39 is 0 Å². The monoisotopic (exact) mass is 276 g/mol. The second-order valence-corrected chi connectivity index (χ2v) is 7.08. The molecule has 3 nitrogen and oxygen atoms in total. The summed E-state index contributed by atoms with van der Waals surface area (Å²) in [6.07, 6.45) is 0.977. The summed E-state index contributed by atoms with van der Waals surface area (Å²) in [6.45, 7) is 9.78. The van der Waals surface area contributed by atoms with E-state index in [1.807, 2.05) is 0 Å². The van der Waals surface area contributed by atoms with Crippen LogP contribution in [0.3, 0.4) is 0 Å². The van der Waals surface area contributed by atoms with E-state index in [9.17, 15) is 5.11 Å². The first-order valence-corrected chi connectivity index (χ1v) is 7.58. The maximum Gasteiger partial charge on any atom is 0.0486 e. The van der Waals surface area contributed by atoms with E-state index in [1.165, 1.54) is 11.1 Å². The first-order chi connectivity index (χ1) is 9.40. The van der Waals surface area contributed by atoms with E-state index in [1.54, 1.807) is 0 Å². The molecule has 2 rings (SSSR count). The van der Waals surface area contributed by atoms with Crippen LogP contribution < -0.4 is 5.73 Å². The zero-order valence-corrected chi connectivity index (χ0v) is 13.0. The highest BCUT2D eigenvalue weighted by molar-refractivity contribution is 5.27. The molecule has 20 heavy (non-hydrogen) atoms. The number of nitrogens with zero attached hydrogens (tertiary/aromatic N) is 1. The van der Waals surface area contributed by atoms with Crippen molar-refractivity contribution < 1.29 is 5.11 Å². The number of hydrogen-bond acceptors (Lipinski definition) is 3. The first-order valence-electron chi connectivity index (χ1n) is 7.58. The molecule has 1 aromatic rings. The molecule has 1 aliphatic rings. The van der Waals surface area contributed by atoms with Crippen molar-refractivity contribution in [2.75, 3.05) is 19.7 Å². The Labute approximate surface area is 122 Å². The molecule has 0 bridgehead atoms. The van der Waals surface area contributed by atoms with Crippen LogP contribution in [0.5, 0.6) is 0 Å². The van der Waals surface area contributed by atoms with Crippen molar-refractivity contribution in [3.63, 3.8) is 0 Å². The molecule has 1 aromatic carbocycles. The van der Waals surface area contributed by atoms with Gasteiger partial charge in [-0.15, -0.1) is 0 Å².